The molecule has 0 aliphatic carbocycles. The number of aliphatic hydroxyl groups excluding tert-OH is 1. The second-order valence-corrected chi connectivity index (χ2v) is 10.0. The van der Waals surface area contributed by atoms with Gasteiger partial charge in [-0.15, -0.1) is 0 Å². The summed E-state index contributed by atoms with van der Waals surface area (Å²) >= 11 is 0. The van der Waals surface area contributed by atoms with Gasteiger partial charge in [-0.2, -0.15) is 0 Å². The van der Waals surface area contributed by atoms with Crippen molar-refractivity contribution in [3.8, 4) is 0 Å². The van der Waals surface area contributed by atoms with Crippen molar-refractivity contribution >= 4 is 13.7 Å². The third kappa shape index (κ3) is 17.0. The highest BCUT2D eigenvalue weighted by Gasteiger charge is 2.23. The van der Waals surface area contributed by atoms with Crippen LogP contribution in [0.4, 0.5) is 0 Å². The number of aliphatic hydroxyl groups is 1. The molecule has 1 amide bonds. The van der Waals surface area contributed by atoms with Crippen molar-refractivity contribution in [3.63, 3.8) is 0 Å². The zero-order chi connectivity index (χ0) is 23.0. The lowest BCUT2D eigenvalue weighted by Gasteiger charge is -2.29. The highest BCUT2D eigenvalue weighted by Crippen LogP contribution is 2.38. The van der Waals surface area contributed by atoms with E-state index >= 15 is 0 Å². The van der Waals surface area contributed by atoms with Crippen LogP contribution in [0.15, 0.2) is 12.2 Å². The van der Waals surface area contributed by atoms with Gasteiger partial charge >= 0.3 is 0 Å². The standard InChI is InChI=1S/C21H43N2O6P/c1-6-8-10-11-13-14-20(24)19(22-21(25)15-12-9-7-2)18-29-30(26,27)28-17-16-23(3,4)5/h13-14,19-20,24H,6-12,15-18H2,1-5H3,(H-,22,25,26,27)/b14-13+/t19-,20-/m0/s1. The molecule has 1 unspecified atom stereocenters. The van der Waals surface area contributed by atoms with Crippen LogP contribution in [0.2, 0.25) is 0 Å². The third-order valence-corrected chi connectivity index (χ3v) is 5.46. The van der Waals surface area contributed by atoms with Crippen LogP contribution in [0.3, 0.4) is 0 Å². The number of allylic oxidation sites excluding steroid dienone is 1. The van der Waals surface area contributed by atoms with E-state index in [0.717, 1.165) is 44.9 Å². The van der Waals surface area contributed by atoms with Crippen LogP contribution in [0.1, 0.15) is 65.2 Å². The van der Waals surface area contributed by atoms with Crippen LogP contribution in [-0.4, -0.2) is 68.5 Å². The summed E-state index contributed by atoms with van der Waals surface area (Å²) in [5.74, 6) is -0.234. The number of likely N-dealkylation sites (N-methyl/N-ethyl adjacent to an activating group) is 1. The van der Waals surface area contributed by atoms with Crippen LogP contribution in [-0.2, 0) is 18.4 Å². The molecule has 0 bridgehead atoms. The summed E-state index contributed by atoms with van der Waals surface area (Å²) in [5, 5.41) is 13.1. The largest absolute Gasteiger partial charge is 0.756 e. The number of carbonyl (C=O) groups excluding carboxylic acids is 1. The first-order valence-corrected chi connectivity index (χ1v) is 12.5. The third-order valence-electron chi connectivity index (χ3n) is 4.50. The number of unbranched alkanes of at least 4 members (excludes halogenated alkanes) is 5. The number of carbonyl (C=O) groups is 1. The Morgan fingerprint density at radius 1 is 1.13 bits per heavy atom. The van der Waals surface area contributed by atoms with Crippen LogP contribution < -0.4 is 10.2 Å². The zero-order valence-corrected chi connectivity index (χ0v) is 20.4. The molecule has 0 spiro atoms. The molecule has 9 heteroatoms. The summed E-state index contributed by atoms with van der Waals surface area (Å²) in [6.07, 6.45) is 9.43. The van der Waals surface area contributed by atoms with Gasteiger partial charge in [0.1, 0.15) is 13.2 Å². The molecular formula is C21H43N2O6P. The second-order valence-electron chi connectivity index (χ2n) is 8.64. The Morgan fingerprint density at radius 3 is 2.37 bits per heavy atom. The van der Waals surface area contributed by atoms with Crippen LogP contribution in [0.25, 0.3) is 0 Å². The van der Waals surface area contributed by atoms with Gasteiger partial charge in [-0.25, -0.2) is 0 Å². The fourth-order valence-electron chi connectivity index (χ4n) is 2.56. The molecular weight excluding hydrogens is 407 g/mol. The van der Waals surface area contributed by atoms with E-state index in [2.05, 4.69) is 12.2 Å². The van der Waals surface area contributed by atoms with E-state index in [4.69, 9.17) is 9.05 Å². The molecule has 0 aromatic carbocycles. The molecule has 0 rings (SSSR count). The summed E-state index contributed by atoms with van der Waals surface area (Å²) in [7, 11) is 1.24. The van der Waals surface area contributed by atoms with Crippen molar-refractivity contribution in [2.45, 2.75) is 77.4 Å². The Balaban J connectivity index is 4.80. The molecule has 0 aromatic rings. The first kappa shape index (κ1) is 29.2. The highest BCUT2D eigenvalue weighted by molar-refractivity contribution is 7.45. The Labute approximate surface area is 182 Å². The first-order chi connectivity index (χ1) is 14.0. The van der Waals surface area contributed by atoms with Gasteiger partial charge in [0, 0.05) is 6.42 Å². The number of nitrogens with one attached hydrogen (secondary N) is 1. The van der Waals surface area contributed by atoms with Crippen molar-refractivity contribution in [2.75, 3.05) is 40.9 Å². The molecule has 0 saturated carbocycles. The van der Waals surface area contributed by atoms with E-state index in [-0.39, 0.29) is 19.1 Å². The molecule has 0 aromatic heterocycles. The molecule has 3 atom stereocenters. The lowest BCUT2D eigenvalue weighted by atomic mass is 10.1. The number of quaternary nitrogens is 1. The maximum absolute atomic E-state index is 12.2. The number of rotatable bonds is 18. The summed E-state index contributed by atoms with van der Waals surface area (Å²) < 4.78 is 22.4. The molecule has 0 radical (unpaired) electrons. The number of phosphoric acid groups is 1. The highest BCUT2D eigenvalue weighted by atomic mass is 31.2. The van der Waals surface area contributed by atoms with Gasteiger partial charge < -0.3 is 28.8 Å². The second kappa shape index (κ2) is 16.0. The molecule has 2 N–H and O–H groups in total. The lowest BCUT2D eigenvalue weighted by molar-refractivity contribution is -0.870. The minimum Gasteiger partial charge on any atom is -0.756 e. The van der Waals surface area contributed by atoms with Gasteiger partial charge in [0.25, 0.3) is 7.82 Å². The summed E-state index contributed by atoms with van der Waals surface area (Å²) in [4.78, 5) is 24.2. The van der Waals surface area contributed by atoms with E-state index in [1.807, 2.05) is 34.1 Å². The van der Waals surface area contributed by atoms with Gasteiger partial charge in [-0.05, 0) is 19.3 Å². The predicted octanol–water partition coefficient (Wildman–Crippen LogP) is 2.76. The van der Waals surface area contributed by atoms with E-state index < -0.39 is 20.0 Å². The molecule has 8 nitrogen and oxygen atoms in total. The SMILES string of the molecule is CCCCC/C=C/[C@H](O)[C@H](COP(=O)([O-])OCC[N+](C)(C)C)NC(=O)CCCCC. The zero-order valence-electron chi connectivity index (χ0n) is 19.5. The Bertz CT molecular complexity index is 536. The molecule has 0 aliphatic rings. The minimum atomic E-state index is -4.53. The number of hydrogen-bond acceptors (Lipinski definition) is 6. The van der Waals surface area contributed by atoms with E-state index in [1.54, 1.807) is 6.08 Å². The molecule has 0 heterocycles. The monoisotopic (exact) mass is 450 g/mol. The summed E-state index contributed by atoms with van der Waals surface area (Å²) in [6.45, 7) is 4.27. The van der Waals surface area contributed by atoms with Crippen molar-refractivity contribution < 1.29 is 32.9 Å². The smallest absolute Gasteiger partial charge is 0.268 e. The quantitative estimate of drug-likeness (QED) is 0.144. The van der Waals surface area contributed by atoms with Gasteiger partial charge in [0.2, 0.25) is 5.91 Å². The fourth-order valence-corrected chi connectivity index (χ4v) is 3.28. The number of phosphoric ester groups is 1. The van der Waals surface area contributed by atoms with Gasteiger partial charge in [0.05, 0.1) is 39.9 Å². The fraction of sp³-hybridized carbons (Fsp3) is 0.857. The van der Waals surface area contributed by atoms with Crippen molar-refractivity contribution in [1.82, 2.24) is 5.32 Å². The van der Waals surface area contributed by atoms with Crippen molar-refractivity contribution in [3.05, 3.63) is 12.2 Å². The Kier molecular flexibility index (Phi) is 15.6. The van der Waals surface area contributed by atoms with E-state index in [0.29, 0.717) is 17.4 Å². The molecule has 30 heavy (non-hydrogen) atoms. The minimum absolute atomic E-state index is 0.00178. The van der Waals surface area contributed by atoms with Crippen LogP contribution in [0.5, 0.6) is 0 Å². The average molecular weight is 451 g/mol. The molecule has 0 fully saturated rings. The predicted molar refractivity (Wildman–Crippen MR) is 118 cm³/mol. The van der Waals surface area contributed by atoms with Gasteiger partial charge in [0.15, 0.2) is 0 Å². The van der Waals surface area contributed by atoms with E-state index in [9.17, 15) is 19.4 Å². The lowest BCUT2D eigenvalue weighted by Crippen LogP contribution is -2.45. The number of hydrogen-bond donors (Lipinski definition) is 2. The normalized spacial score (nSPS) is 16.4. The van der Waals surface area contributed by atoms with Crippen molar-refractivity contribution in [2.24, 2.45) is 0 Å². The van der Waals surface area contributed by atoms with Gasteiger partial charge in [-0.3, -0.25) is 9.36 Å². The first-order valence-electron chi connectivity index (χ1n) is 11.1. The van der Waals surface area contributed by atoms with Crippen molar-refractivity contribution in [1.29, 1.82) is 0 Å². The summed E-state index contributed by atoms with van der Waals surface area (Å²) in [6, 6.07) is -0.870. The molecule has 178 valence electrons. The molecule has 0 saturated heterocycles. The maximum atomic E-state index is 12.2. The van der Waals surface area contributed by atoms with Crippen LogP contribution >= 0.6 is 7.82 Å². The Morgan fingerprint density at radius 2 is 1.77 bits per heavy atom. The maximum Gasteiger partial charge on any atom is 0.268 e. The molecule has 0 aliphatic heterocycles. The average Bonchev–Trinajstić information content (AvgIpc) is 2.63. The number of amides is 1. The van der Waals surface area contributed by atoms with E-state index in [1.165, 1.54) is 0 Å². The topological polar surface area (TPSA) is 108 Å². The van der Waals surface area contributed by atoms with Crippen LogP contribution in [0, 0.1) is 0 Å². The summed E-state index contributed by atoms with van der Waals surface area (Å²) in [5.41, 5.74) is 0. The number of nitrogens with zero attached hydrogens (tertiary/aromatic N) is 1. The van der Waals surface area contributed by atoms with Gasteiger partial charge in [-0.1, -0.05) is 51.7 Å². The Hall–Kier alpha value is -0.760.